The molecule has 2 heterocycles. The Labute approximate surface area is 229 Å². The first kappa shape index (κ1) is 25.6. The fourth-order valence-electron chi connectivity index (χ4n) is 5.45. The molecule has 6 rings (SSSR count). The van der Waals surface area contributed by atoms with Crippen LogP contribution >= 0.6 is 48.8 Å². The normalized spacial score (nSPS) is 30.6. The number of thioether (sulfide) groups is 2. The van der Waals surface area contributed by atoms with E-state index in [0.29, 0.717) is 30.7 Å². The van der Waals surface area contributed by atoms with Gasteiger partial charge in [0.2, 0.25) is 0 Å². The second-order valence-electron chi connectivity index (χ2n) is 9.68. The lowest BCUT2D eigenvalue weighted by atomic mass is 9.71. The number of rotatable bonds is 2. The van der Waals surface area contributed by atoms with Gasteiger partial charge in [-0.1, -0.05) is 24.3 Å². The fourth-order valence-corrected chi connectivity index (χ4v) is 8.89. The molecule has 10 heteroatoms. The van der Waals surface area contributed by atoms with Crippen molar-refractivity contribution in [1.82, 2.24) is 0 Å². The molecule has 0 aromatic heterocycles. The third-order valence-corrected chi connectivity index (χ3v) is 11.6. The average Bonchev–Trinajstić information content (AvgIpc) is 3.40. The Morgan fingerprint density at radius 1 is 0.568 bits per heavy atom. The Morgan fingerprint density at radius 2 is 0.892 bits per heavy atom. The van der Waals surface area contributed by atoms with Gasteiger partial charge in [0, 0.05) is 30.7 Å². The van der Waals surface area contributed by atoms with Gasteiger partial charge in [-0.05, 0) is 72.5 Å². The van der Waals surface area contributed by atoms with E-state index in [0.717, 1.165) is 0 Å². The van der Waals surface area contributed by atoms with Crippen molar-refractivity contribution in [2.24, 2.45) is 0 Å². The van der Waals surface area contributed by atoms with Crippen LogP contribution in [0.15, 0.2) is 92.8 Å². The van der Waals surface area contributed by atoms with E-state index in [2.05, 4.69) is 25.3 Å². The van der Waals surface area contributed by atoms with Crippen LogP contribution in [0, 0.1) is 0 Å². The molecule has 2 aromatic carbocycles. The van der Waals surface area contributed by atoms with E-state index in [-0.39, 0.29) is 11.1 Å². The molecule has 0 radical (unpaired) electrons. The van der Waals surface area contributed by atoms with Crippen molar-refractivity contribution in [2.45, 2.75) is 50.9 Å². The number of hydrogen-bond acceptors (Lipinski definition) is 4. The summed E-state index contributed by atoms with van der Waals surface area (Å²) in [6.07, 6.45) is 2.77. The summed E-state index contributed by atoms with van der Waals surface area (Å²) in [6.45, 7) is 3.36. The van der Waals surface area contributed by atoms with Crippen molar-refractivity contribution in [3.8, 4) is 0 Å². The van der Waals surface area contributed by atoms with Crippen LogP contribution in [0.1, 0.15) is 25.0 Å². The molecular formula is C27H18F6S4. The second kappa shape index (κ2) is 7.73. The molecule has 0 nitrogen and oxygen atoms in total. The first-order valence-corrected chi connectivity index (χ1v) is 13.7. The highest BCUT2D eigenvalue weighted by molar-refractivity contribution is 8.14. The summed E-state index contributed by atoms with van der Waals surface area (Å²) in [5, 5.41) is 0. The zero-order chi connectivity index (χ0) is 26.8. The molecule has 0 saturated heterocycles. The smallest absolute Gasteiger partial charge is 0.194 e. The summed E-state index contributed by atoms with van der Waals surface area (Å²) in [5.74, 6) is -15.7. The molecule has 2 atom stereocenters. The van der Waals surface area contributed by atoms with E-state index in [1.54, 1.807) is 62.4 Å². The second-order valence-corrected chi connectivity index (χ2v) is 13.6. The molecule has 0 bridgehead atoms. The zero-order valence-electron chi connectivity index (χ0n) is 19.3. The van der Waals surface area contributed by atoms with Gasteiger partial charge in [0.15, 0.2) is 0 Å². The highest BCUT2D eigenvalue weighted by Crippen LogP contribution is 2.75. The quantitative estimate of drug-likeness (QED) is 0.267. The fraction of sp³-hybridized carbons (Fsp3) is 0.259. The molecule has 0 amide bonds. The minimum atomic E-state index is -5.57. The Morgan fingerprint density at radius 3 is 1.22 bits per heavy atom. The molecule has 2 aliphatic heterocycles. The molecule has 192 valence electrons. The standard InChI is InChI=1S/C27H18F6S4/c1-23-17(11-19(36-23)13-3-7-15(34)8-4-13)21-22(26(30,31)27(32,33)25(21,28)29)18-12-20(37-24(18,23)2)14-5-9-16(35)10-6-14/h3-12,34-35H,1-2H3/t23-,24-/m0/s1. The molecular weight excluding hydrogens is 567 g/mol. The first-order valence-electron chi connectivity index (χ1n) is 11.2. The summed E-state index contributed by atoms with van der Waals surface area (Å²) >= 11 is 11.0. The van der Waals surface area contributed by atoms with E-state index in [1.807, 2.05) is 0 Å². The maximum absolute atomic E-state index is 15.4. The van der Waals surface area contributed by atoms with Gasteiger partial charge in [0.05, 0.1) is 9.49 Å². The summed E-state index contributed by atoms with van der Waals surface area (Å²) in [6, 6.07) is 13.9. The third kappa shape index (κ3) is 3.13. The lowest BCUT2D eigenvalue weighted by molar-refractivity contribution is -0.258. The summed E-state index contributed by atoms with van der Waals surface area (Å²) < 4.78 is 88.8. The van der Waals surface area contributed by atoms with Crippen LogP contribution in [0.2, 0.25) is 0 Å². The Kier molecular flexibility index (Phi) is 5.36. The molecule has 37 heavy (non-hydrogen) atoms. The minimum absolute atomic E-state index is 0.182. The van der Waals surface area contributed by atoms with Crippen LogP contribution in [0.5, 0.6) is 0 Å². The summed E-state index contributed by atoms with van der Waals surface area (Å²) in [4.78, 5) is 2.46. The van der Waals surface area contributed by atoms with E-state index < -0.39 is 38.4 Å². The SMILES string of the molecule is C[C@]12SC(c3ccc(S)cc3)=CC1=C1C(=C3C=C(c4ccc(S)cc4)S[C@@]32C)C(F)(F)C(F)(F)C1(F)F. The van der Waals surface area contributed by atoms with Gasteiger partial charge in [0.1, 0.15) is 0 Å². The van der Waals surface area contributed by atoms with Crippen molar-refractivity contribution in [1.29, 1.82) is 0 Å². The van der Waals surface area contributed by atoms with Crippen LogP contribution < -0.4 is 0 Å². The Balaban J connectivity index is 1.65. The van der Waals surface area contributed by atoms with Gasteiger partial charge in [0.25, 0.3) is 0 Å². The Bertz CT molecular complexity index is 1370. The molecule has 0 spiro atoms. The van der Waals surface area contributed by atoms with E-state index in [9.17, 15) is 8.78 Å². The molecule has 1 saturated carbocycles. The maximum Gasteiger partial charge on any atom is 0.380 e. The van der Waals surface area contributed by atoms with Gasteiger partial charge < -0.3 is 0 Å². The minimum Gasteiger partial charge on any atom is -0.194 e. The van der Waals surface area contributed by atoms with E-state index >= 15 is 17.6 Å². The average molecular weight is 585 g/mol. The van der Waals surface area contributed by atoms with Crippen molar-refractivity contribution < 1.29 is 26.3 Å². The monoisotopic (exact) mass is 584 g/mol. The summed E-state index contributed by atoms with van der Waals surface area (Å²) in [5.41, 5.74) is -1.54. The molecule has 1 fully saturated rings. The number of thiol groups is 2. The molecule has 0 N–H and O–H groups in total. The lowest BCUT2D eigenvalue weighted by Crippen LogP contribution is -2.48. The van der Waals surface area contributed by atoms with Crippen molar-refractivity contribution in [3.05, 3.63) is 94.1 Å². The maximum atomic E-state index is 15.4. The van der Waals surface area contributed by atoms with Gasteiger partial charge in [-0.15, -0.1) is 48.8 Å². The Hall–Kier alpha value is -1.62. The molecule has 2 aromatic rings. The number of alkyl halides is 6. The number of halogens is 6. The van der Waals surface area contributed by atoms with Crippen LogP contribution in [-0.2, 0) is 0 Å². The third-order valence-electron chi connectivity index (χ3n) is 7.63. The van der Waals surface area contributed by atoms with Gasteiger partial charge >= 0.3 is 17.8 Å². The molecule has 4 aliphatic rings. The zero-order valence-corrected chi connectivity index (χ0v) is 22.7. The lowest BCUT2D eigenvalue weighted by Gasteiger charge is -2.47. The highest BCUT2D eigenvalue weighted by atomic mass is 32.2. The number of hydrogen-bond donors (Lipinski definition) is 2. The highest BCUT2D eigenvalue weighted by Gasteiger charge is 2.84. The van der Waals surface area contributed by atoms with Crippen LogP contribution in [0.4, 0.5) is 26.3 Å². The summed E-state index contributed by atoms with van der Waals surface area (Å²) in [7, 11) is 0. The predicted octanol–water partition coefficient (Wildman–Crippen LogP) is 9.18. The topological polar surface area (TPSA) is 0 Å². The van der Waals surface area contributed by atoms with Crippen LogP contribution in [0.25, 0.3) is 9.81 Å². The largest absolute Gasteiger partial charge is 0.380 e. The predicted molar refractivity (Wildman–Crippen MR) is 144 cm³/mol. The first-order chi connectivity index (χ1) is 17.1. The van der Waals surface area contributed by atoms with Crippen molar-refractivity contribution >= 4 is 58.6 Å². The number of benzene rings is 2. The van der Waals surface area contributed by atoms with Gasteiger partial charge in [-0.2, -0.15) is 26.3 Å². The van der Waals surface area contributed by atoms with Crippen molar-refractivity contribution in [3.63, 3.8) is 0 Å². The van der Waals surface area contributed by atoms with Crippen LogP contribution in [-0.4, -0.2) is 27.3 Å². The van der Waals surface area contributed by atoms with Crippen LogP contribution in [0.3, 0.4) is 0 Å². The molecule has 2 aliphatic carbocycles. The van der Waals surface area contributed by atoms with E-state index in [1.165, 1.54) is 35.7 Å². The number of fused-ring (bicyclic) bond motifs is 4. The van der Waals surface area contributed by atoms with Gasteiger partial charge in [-0.25, -0.2) is 0 Å². The van der Waals surface area contributed by atoms with E-state index in [4.69, 9.17) is 0 Å². The molecule has 0 unspecified atom stereocenters. The number of allylic oxidation sites excluding steroid dienone is 4. The van der Waals surface area contributed by atoms with Gasteiger partial charge in [-0.3, -0.25) is 0 Å². The van der Waals surface area contributed by atoms with Crippen molar-refractivity contribution in [2.75, 3.05) is 0 Å².